The van der Waals surface area contributed by atoms with Gasteiger partial charge in [-0.15, -0.1) is 0 Å². The van der Waals surface area contributed by atoms with Crippen LogP contribution in [0.5, 0.6) is 5.75 Å². The number of rotatable bonds is 12. The highest BCUT2D eigenvalue weighted by Gasteiger charge is 2.43. The zero-order valence-corrected chi connectivity index (χ0v) is 26.3. The molecular formula is C32H46N4O6. The monoisotopic (exact) mass is 582 g/mol. The van der Waals surface area contributed by atoms with Crippen molar-refractivity contribution in [3.8, 4) is 5.75 Å². The van der Waals surface area contributed by atoms with E-state index in [0.717, 1.165) is 11.1 Å². The smallest absolute Gasteiger partial charge is 0.408 e. The number of benzene rings is 2. The quantitative estimate of drug-likeness (QED) is 0.316. The second-order valence-electron chi connectivity index (χ2n) is 12.0. The zero-order valence-electron chi connectivity index (χ0n) is 26.3. The van der Waals surface area contributed by atoms with E-state index in [1.165, 1.54) is 4.90 Å². The molecule has 42 heavy (non-hydrogen) atoms. The van der Waals surface area contributed by atoms with E-state index in [9.17, 15) is 19.2 Å². The van der Waals surface area contributed by atoms with Crippen LogP contribution < -0.4 is 21.1 Å². The Morgan fingerprint density at radius 3 is 2.07 bits per heavy atom. The minimum Gasteiger partial charge on any atom is -0.497 e. The van der Waals surface area contributed by atoms with E-state index in [0.29, 0.717) is 23.4 Å². The van der Waals surface area contributed by atoms with Crippen LogP contribution in [0.4, 0.5) is 10.5 Å². The fourth-order valence-electron chi connectivity index (χ4n) is 4.34. The predicted octanol–water partition coefficient (Wildman–Crippen LogP) is 5.17. The molecule has 10 nitrogen and oxygen atoms in total. The molecule has 0 radical (unpaired) electrons. The van der Waals surface area contributed by atoms with Crippen LogP contribution in [0.3, 0.4) is 0 Å². The van der Waals surface area contributed by atoms with Crippen molar-refractivity contribution < 1.29 is 28.7 Å². The van der Waals surface area contributed by atoms with Gasteiger partial charge in [-0.2, -0.15) is 0 Å². The van der Waals surface area contributed by atoms with E-state index in [1.807, 2.05) is 52.8 Å². The summed E-state index contributed by atoms with van der Waals surface area (Å²) in [6.07, 6.45) is -0.544. The van der Waals surface area contributed by atoms with Gasteiger partial charge in [-0.25, -0.2) is 4.79 Å². The molecule has 4 N–H and O–H groups in total. The molecule has 2 unspecified atom stereocenters. The van der Waals surface area contributed by atoms with Gasteiger partial charge in [-0.1, -0.05) is 25.1 Å². The number of primary amides is 1. The molecule has 2 aromatic rings. The summed E-state index contributed by atoms with van der Waals surface area (Å²) in [5.41, 5.74) is 6.86. The van der Waals surface area contributed by atoms with Crippen molar-refractivity contribution >= 4 is 29.5 Å². The maximum absolute atomic E-state index is 14.5. The minimum atomic E-state index is -1.18. The lowest BCUT2D eigenvalue weighted by Gasteiger charge is -2.44. The Bertz CT molecular complexity index is 1270. The SMILES string of the molecule is CCC(C)(C)N(C(=O)C(CCC(N)=O)NC(=O)OC(C)(C)C)C(C(=O)Nc1ccc(OC)cc1)c1ccc(C)c(C)c1. The summed E-state index contributed by atoms with van der Waals surface area (Å²) in [6, 6.07) is 10.2. The van der Waals surface area contributed by atoms with Crippen LogP contribution in [0.1, 0.15) is 83.5 Å². The summed E-state index contributed by atoms with van der Waals surface area (Å²) < 4.78 is 10.6. The predicted molar refractivity (Wildman–Crippen MR) is 163 cm³/mol. The first-order valence-corrected chi connectivity index (χ1v) is 14.1. The van der Waals surface area contributed by atoms with Gasteiger partial charge in [0.1, 0.15) is 23.4 Å². The van der Waals surface area contributed by atoms with Crippen LogP contribution in [0, 0.1) is 13.8 Å². The molecule has 0 saturated carbocycles. The Hall–Kier alpha value is -4.08. The molecule has 0 saturated heterocycles. The van der Waals surface area contributed by atoms with Crippen molar-refractivity contribution in [3.63, 3.8) is 0 Å². The first-order valence-electron chi connectivity index (χ1n) is 14.1. The first kappa shape index (κ1) is 34.1. The number of anilines is 1. The molecule has 4 amide bonds. The number of nitrogens with zero attached hydrogens (tertiary/aromatic N) is 1. The molecule has 0 aliphatic carbocycles. The Kier molecular flexibility index (Phi) is 11.5. The Balaban J connectivity index is 2.66. The molecule has 230 valence electrons. The first-order chi connectivity index (χ1) is 19.5. The third kappa shape index (κ3) is 9.49. The highest BCUT2D eigenvalue weighted by Crippen LogP contribution is 2.34. The standard InChI is InChI=1S/C32H46N4O6/c1-10-32(7,8)36(29(39)25(17-18-26(33)37)35-30(40)42-31(4,5)6)27(22-12-11-20(2)21(3)19-22)28(38)34-23-13-15-24(41-9)16-14-23/h11-16,19,25,27H,10,17-18H2,1-9H3,(H2,33,37)(H,34,38)(H,35,40). The minimum absolute atomic E-state index is 0.0660. The van der Waals surface area contributed by atoms with E-state index >= 15 is 0 Å². The maximum Gasteiger partial charge on any atom is 0.408 e. The lowest BCUT2D eigenvalue weighted by Crippen LogP contribution is -2.59. The molecule has 0 bridgehead atoms. The molecule has 0 fully saturated rings. The van der Waals surface area contributed by atoms with Gasteiger partial charge in [0.15, 0.2) is 0 Å². The van der Waals surface area contributed by atoms with Gasteiger partial charge in [0.25, 0.3) is 5.91 Å². The Morgan fingerprint density at radius 1 is 0.952 bits per heavy atom. The molecule has 0 aliphatic rings. The summed E-state index contributed by atoms with van der Waals surface area (Å²) in [6.45, 7) is 14.7. The number of carbonyl (C=O) groups excluding carboxylic acids is 4. The molecule has 0 spiro atoms. The second-order valence-corrected chi connectivity index (χ2v) is 12.0. The number of nitrogens with one attached hydrogen (secondary N) is 2. The number of carbonyl (C=O) groups is 4. The van der Waals surface area contributed by atoms with E-state index in [2.05, 4.69) is 10.6 Å². The highest BCUT2D eigenvalue weighted by atomic mass is 16.6. The number of nitrogens with two attached hydrogens (primary N) is 1. The van der Waals surface area contributed by atoms with E-state index < -0.39 is 47.0 Å². The molecule has 0 aliphatic heterocycles. The lowest BCUT2D eigenvalue weighted by atomic mass is 9.90. The fourth-order valence-corrected chi connectivity index (χ4v) is 4.34. The van der Waals surface area contributed by atoms with Crippen LogP contribution in [-0.2, 0) is 19.1 Å². The molecule has 2 aromatic carbocycles. The van der Waals surface area contributed by atoms with Crippen molar-refractivity contribution in [2.45, 2.75) is 97.9 Å². The second kappa shape index (κ2) is 14.2. The molecule has 0 aromatic heterocycles. The largest absolute Gasteiger partial charge is 0.497 e. The number of ether oxygens (including phenoxy) is 2. The van der Waals surface area contributed by atoms with E-state index in [4.69, 9.17) is 15.2 Å². The zero-order chi connectivity index (χ0) is 31.8. The van der Waals surface area contributed by atoms with Crippen molar-refractivity contribution in [1.29, 1.82) is 0 Å². The molecule has 0 heterocycles. The van der Waals surface area contributed by atoms with Gasteiger partial charge in [-0.3, -0.25) is 14.4 Å². The summed E-state index contributed by atoms with van der Waals surface area (Å²) in [5, 5.41) is 5.57. The lowest BCUT2D eigenvalue weighted by molar-refractivity contribution is -0.148. The average molecular weight is 583 g/mol. The van der Waals surface area contributed by atoms with Crippen LogP contribution in [0.25, 0.3) is 0 Å². The number of hydrogen-bond donors (Lipinski definition) is 3. The van der Waals surface area contributed by atoms with Crippen molar-refractivity contribution in [2.24, 2.45) is 5.73 Å². The van der Waals surface area contributed by atoms with Crippen molar-refractivity contribution in [3.05, 3.63) is 59.2 Å². The third-order valence-corrected chi connectivity index (χ3v) is 7.13. The fraction of sp³-hybridized carbons (Fsp3) is 0.500. The summed E-state index contributed by atoms with van der Waals surface area (Å²) >= 11 is 0. The van der Waals surface area contributed by atoms with Crippen molar-refractivity contribution in [1.82, 2.24) is 10.2 Å². The summed E-state index contributed by atoms with van der Waals surface area (Å²) in [4.78, 5) is 54.6. The van der Waals surface area contributed by atoms with E-state index in [-0.39, 0.29) is 12.8 Å². The number of amides is 4. The normalized spacial score (nSPS) is 13.0. The number of methoxy groups -OCH3 is 1. The summed E-state index contributed by atoms with van der Waals surface area (Å²) in [5.74, 6) is -0.970. The highest BCUT2D eigenvalue weighted by molar-refractivity contribution is 5.99. The summed E-state index contributed by atoms with van der Waals surface area (Å²) in [7, 11) is 1.56. The van der Waals surface area contributed by atoms with Gasteiger partial charge in [0, 0.05) is 17.6 Å². The molecule has 2 rings (SSSR count). The van der Waals surface area contributed by atoms with Gasteiger partial charge in [-0.05, 0) is 102 Å². The molecule has 10 heteroatoms. The van der Waals surface area contributed by atoms with Crippen LogP contribution in [0.2, 0.25) is 0 Å². The van der Waals surface area contributed by atoms with E-state index in [1.54, 1.807) is 52.1 Å². The number of alkyl carbamates (subject to hydrolysis) is 1. The van der Waals surface area contributed by atoms with Gasteiger partial charge >= 0.3 is 6.09 Å². The van der Waals surface area contributed by atoms with Gasteiger partial charge in [0.2, 0.25) is 11.8 Å². The van der Waals surface area contributed by atoms with Crippen LogP contribution >= 0.6 is 0 Å². The molecular weight excluding hydrogens is 536 g/mol. The van der Waals surface area contributed by atoms with Crippen LogP contribution in [0.15, 0.2) is 42.5 Å². The number of hydrogen-bond acceptors (Lipinski definition) is 6. The maximum atomic E-state index is 14.5. The molecule has 2 atom stereocenters. The average Bonchev–Trinajstić information content (AvgIpc) is 2.90. The van der Waals surface area contributed by atoms with Gasteiger partial charge in [0.05, 0.1) is 7.11 Å². The van der Waals surface area contributed by atoms with Crippen LogP contribution in [-0.4, -0.2) is 53.0 Å². The number of aryl methyl sites for hydroxylation is 2. The third-order valence-electron chi connectivity index (χ3n) is 7.13. The topological polar surface area (TPSA) is 140 Å². The van der Waals surface area contributed by atoms with Crippen molar-refractivity contribution in [2.75, 3.05) is 12.4 Å². The Labute approximate surface area is 249 Å². The van der Waals surface area contributed by atoms with Gasteiger partial charge < -0.3 is 30.7 Å². The Morgan fingerprint density at radius 2 is 1.57 bits per heavy atom.